The van der Waals surface area contributed by atoms with Gasteiger partial charge in [0.05, 0.1) is 40.1 Å². The summed E-state index contributed by atoms with van der Waals surface area (Å²) in [6.45, 7) is 8.88. The summed E-state index contributed by atoms with van der Waals surface area (Å²) >= 11 is 13.1. The number of pyridine rings is 1. The number of likely N-dealkylation sites (tertiary alicyclic amines) is 1. The molecule has 3 heterocycles. The summed E-state index contributed by atoms with van der Waals surface area (Å²) in [6.07, 6.45) is 10.3. The molecule has 8 nitrogen and oxygen atoms in total. The smallest absolute Gasteiger partial charge is 0.109 e. The van der Waals surface area contributed by atoms with Crippen molar-refractivity contribution in [3.63, 3.8) is 0 Å². The van der Waals surface area contributed by atoms with Crippen LogP contribution in [0.4, 0.5) is 11.4 Å². The molecule has 2 aliphatic rings. The lowest BCUT2D eigenvalue weighted by atomic mass is 9.98. The number of benzene rings is 2. The molecule has 1 aliphatic carbocycles. The van der Waals surface area contributed by atoms with Gasteiger partial charge in [0.2, 0.25) is 0 Å². The van der Waals surface area contributed by atoms with Crippen LogP contribution < -0.4 is 10.6 Å². The van der Waals surface area contributed by atoms with Crippen molar-refractivity contribution in [2.45, 2.75) is 83.0 Å². The Balaban J connectivity index is 1.33. The second-order valence-corrected chi connectivity index (χ2v) is 13.6. The predicted molar refractivity (Wildman–Crippen MR) is 174 cm³/mol. The molecule has 224 valence electrons. The standard InChI is InChI=1S/C33H38Cl2N8/c1-33(2,3)42-14-12-26(13-15-42)43-20-29(40-41-43)31(21-8-10-23(34)11-9-21)39-25-16-27-30(38-24-6-4-5-7-24)22(18-36)19-37-32(27)28(35)17-25/h8-11,16-17,19-20,24,26,31,39H,4-7,12-15H2,1-3H3,(H,37,38). The van der Waals surface area contributed by atoms with Crippen LogP contribution in [0.25, 0.3) is 10.9 Å². The van der Waals surface area contributed by atoms with Crippen molar-refractivity contribution in [2.24, 2.45) is 0 Å². The van der Waals surface area contributed by atoms with E-state index in [2.05, 4.69) is 63.9 Å². The fourth-order valence-corrected chi connectivity index (χ4v) is 6.80. The summed E-state index contributed by atoms with van der Waals surface area (Å²) in [6, 6.07) is 14.4. The Morgan fingerprint density at radius 3 is 2.42 bits per heavy atom. The Kier molecular flexibility index (Phi) is 8.50. The quantitative estimate of drug-likeness (QED) is 0.217. The van der Waals surface area contributed by atoms with Crippen molar-refractivity contribution < 1.29 is 0 Å². The number of nitrogens with zero attached hydrogens (tertiary/aromatic N) is 6. The van der Waals surface area contributed by atoms with Crippen molar-refractivity contribution in [3.8, 4) is 6.07 Å². The highest BCUT2D eigenvalue weighted by atomic mass is 35.5. The van der Waals surface area contributed by atoms with E-state index in [-0.39, 0.29) is 11.6 Å². The first kappa shape index (κ1) is 29.7. The molecular weight excluding hydrogens is 579 g/mol. The van der Waals surface area contributed by atoms with E-state index in [4.69, 9.17) is 23.2 Å². The fourth-order valence-electron chi connectivity index (χ4n) is 6.41. The summed E-state index contributed by atoms with van der Waals surface area (Å²) < 4.78 is 2.03. The average molecular weight is 618 g/mol. The summed E-state index contributed by atoms with van der Waals surface area (Å²) in [5.41, 5.74) is 4.76. The molecule has 2 aromatic heterocycles. The zero-order valence-electron chi connectivity index (χ0n) is 24.9. The van der Waals surface area contributed by atoms with Gasteiger partial charge < -0.3 is 10.6 Å². The van der Waals surface area contributed by atoms with Gasteiger partial charge in [0.15, 0.2) is 0 Å². The molecule has 1 aliphatic heterocycles. The molecule has 2 aromatic carbocycles. The minimum atomic E-state index is -0.299. The molecule has 43 heavy (non-hydrogen) atoms. The number of nitriles is 1. The number of halogens is 2. The highest BCUT2D eigenvalue weighted by Gasteiger charge is 2.29. The Bertz CT molecular complexity index is 1620. The lowest BCUT2D eigenvalue weighted by Gasteiger charge is -2.40. The topological polar surface area (TPSA) is 94.7 Å². The van der Waals surface area contributed by atoms with Gasteiger partial charge in [-0.15, -0.1) is 5.10 Å². The molecule has 2 N–H and O–H groups in total. The van der Waals surface area contributed by atoms with Crippen LogP contribution in [0.1, 0.15) is 88.2 Å². The molecule has 1 atom stereocenters. The van der Waals surface area contributed by atoms with Gasteiger partial charge in [-0.25, -0.2) is 4.68 Å². The van der Waals surface area contributed by atoms with Crippen LogP contribution in [0.3, 0.4) is 0 Å². The van der Waals surface area contributed by atoms with Gasteiger partial charge >= 0.3 is 0 Å². The fraction of sp³-hybridized carbons (Fsp3) is 0.455. The van der Waals surface area contributed by atoms with Crippen molar-refractivity contribution in [1.82, 2.24) is 24.9 Å². The minimum Gasteiger partial charge on any atom is -0.381 e. The highest BCUT2D eigenvalue weighted by molar-refractivity contribution is 6.36. The zero-order chi connectivity index (χ0) is 30.1. The number of hydrogen-bond donors (Lipinski definition) is 2. The Morgan fingerprint density at radius 2 is 1.74 bits per heavy atom. The van der Waals surface area contributed by atoms with Crippen LogP contribution in [0.5, 0.6) is 0 Å². The van der Waals surface area contributed by atoms with Crippen molar-refractivity contribution in [2.75, 3.05) is 23.7 Å². The second-order valence-electron chi connectivity index (χ2n) is 12.8. The summed E-state index contributed by atoms with van der Waals surface area (Å²) in [4.78, 5) is 7.08. The maximum Gasteiger partial charge on any atom is 0.109 e. The van der Waals surface area contributed by atoms with E-state index >= 15 is 0 Å². The monoisotopic (exact) mass is 616 g/mol. The van der Waals surface area contributed by atoms with Gasteiger partial charge in [0.1, 0.15) is 11.8 Å². The van der Waals surface area contributed by atoms with Crippen LogP contribution in [-0.4, -0.2) is 49.5 Å². The van der Waals surface area contributed by atoms with Crippen LogP contribution in [0, 0.1) is 11.3 Å². The summed E-state index contributed by atoms with van der Waals surface area (Å²) in [7, 11) is 0. The molecule has 0 spiro atoms. The Labute approximate surface area is 263 Å². The van der Waals surface area contributed by atoms with Crippen molar-refractivity contribution in [3.05, 3.63) is 75.7 Å². The van der Waals surface area contributed by atoms with E-state index in [9.17, 15) is 5.26 Å². The average Bonchev–Trinajstić information content (AvgIpc) is 3.69. The van der Waals surface area contributed by atoms with E-state index < -0.39 is 0 Å². The number of anilines is 2. The number of rotatable bonds is 7. The van der Waals surface area contributed by atoms with Crippen molar-refractivity contribution >= 4 is 45.5 Å². The van der Waals surface area contributed by atoms with Gasteiger partial charge in [-0.1, -0.05) is 53.4 Å². The normalized spacial score (nSPS) is 17.7. The van der Waals surface area contributed by atoms with E-state index in [1.807, 2.05) is 41.1 Å². The second kappa shape index (κ2) is 12.3. The maximum atomic E-state index is 9.91. The molecule has 10 heteroatoms. The van der Waals surface area contributed by atoms with Gasteiger partial charge in [0.25, 0.3) is 0 Å². The maximum absolute atomic E-state index is 9.91. The minimum absolute atomic E-state index is 0.166. The summed E-state index contributed by atoms with van der Waals surface area (Å²) in [5, 5.41) is 28.5. The number of hydrogen-bond acceptors (Lipinski definition) is 7. The number of fused-ring (bicyclic) bond motifs is 1. The molecule has 2 fully saturated rings. The first-order valence-electron chi connectivity index (χ1n) is 15.2. The highest BCUT2D eigenvalue weighted by Crippen LogP contribution is 2.37. The first-order chi connectivity index (χ1) is 20.7. The van der Waals surface area contributed by atoms with Crippen LogP contribution in [-0.2, 0) is 0 Å². The molecule has 1 saturated heterocycles. The molecule has 1 unspecified atom stereocenters. The van der Waals surface area contributed by atoms with E-state index in [0.717, 1.165) is 66.8 Å². The van der Waals surface area contributed by atoms with E-state index in [1.54, 1.807) is 6.20 Å². The van der Waals surface area contributed by atoms with Crippen LogP contribution >= 0.6 is 23.2 Å². The van der Waals surface area contributed by atoms with Gasteiger partial charge in [0, 0.05) is 47.0 Å². The third-order valence-electron chi connectivity index (χ3n) is 8.87. The molecule has 6 rings (SSSR count). The Hall–Kier alpha value is -3.38. The number of aromatic nitrogens is 4. The van der Waals surface area contributed by atoms with Crippen molar-refractivity contribution in [1.29, 1.82) is 5.26 Å². The van der Waals surface area contributed by atoms with Gasteiger partial charge in [-0.3, -0.25) is 9.88 Å². The van der Waals surface area contributed by atoms with Gasteiger partial charge in [-0.05, 0) is 76.3 Å². The third kappa shape index (κ3) is 6.45. The van der Waals surface area contributed by atoms with E-state index in [0.29, 0.717) is 33.2 Å². The molecule has 4 aromatic rings. The molecular formula is C33H38Cl2N8. The molecule has 0 radical (unpaired) electrons. The number of piperidine rings is 1. The lowest BCUT2D eigenvalue weighted by molar-refractivity contribution is 0.0866. The third-order valence-corrected chi connectivity index (χ3v) is 9.41. The zero-order valence-corrected chi connectivity index (χ0v) is 26.5. The molecule has 0 amide bonds. The number of nitrogens with one attached hydrogen (secondary N) is 2. The van der Waals surface area contributed by atoms with Gasteiger partial charge in [-0.2, -0.15) is 5.26 Å². The first-order valence-corrected chi connectivity index (χ1v) is 15.9. The predicted octanol–water partition coefficient (Wildman–Crippen LogP) is 8.00. The molecule has 0 bridgehead atoms. The SMILES string of the molecule is CC(C)(C)N1CCC(n2cc(C(Nc3cc(Cl)c4ncc(C#N)c(NC5CCCC5)c4c3)c3ccc(Cl)cc3)nn2)CC1. The van der Waals surface area contributed by atoms with E-state index in [1.165, 1.54) is 12.8 Å². The largest absolute Gasteiger partial charge is 0.381 e. The molecule has 1 saturated carbocycles. The van der Waals surface area contributed by atoms with Crippen LogP contribution in [0.2, 0.25) is 10.0 Å². The van der Waals surface area contributed by atoms with Crippen LogP contribution in [0.15, 0.2) is 48.8 Å². The lowest BCUT2D eigenvalue weighted by Crippen LogP contribution is -2.46. The Morgan fingerprint density at radius 1 is 1.02 bits per heavy atom. The summed E-state index contributed by atoms with van der Waals surface area (Å²) in [5.74, 6) is 0.